The predicted molar refractivity (Wildman–Crippen MR) is 131 cm³/mol. The number of hydrogen-bond acceptors (Lipinski definition) is 5. The van der Waals surface area contributed by atoms with E-state index in [2.05, 4.69) is 45.8 Å². The maximum absolute atomic E-state index is 12.5. The topological polar surface area (TPSA) is 78.3 Å². The van der Waals surface area contributed by atoms with Crippen molar-refractivity contribution in [2.75, 3.05) is 6.61 Å². The molecule has 0 spiro atoms. The fourth-order valence-electron chi connectivity index (χ4n) is 3.48. The zero-order valence-corrected chi connectivity index (χ0v) is 20.0. The highest BCUT2D eigenvalue weighted by atomic mass is 16.6. The maximum Gasteiger partial charge on any atom is 0.408 e. The van der Waals surface area contributed by atoms with Gasteiger partial charge >= 0.3 is 6.09 Å². The first-order chi connectivity index (χ1) is 16.3. The van der Waals surface area contributed by atoms with Gasteiger partial charge in [0.2, 0.25) is 0 Å². The molecule has 7 nitrogen and oxygen atoms in total. The number of ether oxygens (including phenoxy) is 2. The molecule has 7 heteroatoms. The van der Waals surface area contributed by atoms with Crippen molar-refractivity contribution in [1.29, 1.82) is 0 Å². The van der Waals surface area contributed by atoms with Crippen LogP contribution in [0.4, 0.5) is 4.79 Å². The van der Waals surface area contributed by atoms with Gasteiger partial charge in [-0.15, -0.1) is 11.5 Å². The van der Waals surface area contributed by atoms with Gasteiger partial charge in [-0.05, 0) is 50.3 Å². The summed E-state index contributed by atoms with van der Waals surface area (Å²) >= 11 is 0. The van der Waals surface area contributed by atoms with E-state index in [4.69, 9.17) is 15.9 Å². The van der Waals surface area contributed by atoms with Crippen LogP contribution in [-0.4, -0.2) is 33.3 Å². The summed E-state index contributed by atoms with van der Waals surface area (Å²) in [6, 6.07) is 17.9. The lowest BCUT2D eigenvalue weighted by molar-refractivity contribution is 0.0512. The van der Waals surface area contributed by atoms with E-state index in [1.807, 2.05) is 62.0 Å². The first-order valence-electron chi connectivity index (χ1n) is 11.4. The van der Waals surface area contributed by atoms with Crippen molar-refractivity contribution in [3.05, 3.63) is 83.2 Å². The third-order valence-corrected chi connectivity index (χ3v) is 4.98. The lowest BCUT2D eigenvalue weighted by Gasteiger charge is -2.24. The highest BCUT2D eigenvalue weighted by molar-refractivity contribution is 5.69. The number of aryl methyl sites for hydroxylation is 2. The summed E-state index contributed by atoms with van der Waals surface area (Å²) in [7, 11) is 0. The van der Waals surface area contributed by atoms with Crippen LogP contribution in [0.2, 0.25) is 0 Å². The number of alkyl carbamates (subject to hydrolysis) is 1. The Morgan fingerprint density at radius 3 is 2.50 bits per heavy atom. The summed E-state index contributed by atoms with van der Waals surface area (Å²) in [5, 5.41) is 11.2. The highest BCUT2D eigenvalue weighted by Crippen LogP contribution is 2.23. The van der Waals surface area contributed by atoms with Gasteiger partial charge in [0, 0.05) is 6.54 Å². The Labute approximate surface area is 201 Å². The normalized spacial score (nSPS) is 12.1. The summed E-state index contributed by atoms with van der Waals surface area (Å²) in [5.74, 6) is 2.43. The van der Waals surface area contributed by atoms with Gasteiger partial charge in [0.1, 0.15) is 17.9 Å². The molecule has 0 saturated carbocycles. The number of terminal acetylenes is 1. The van der Waals surface area contributed by atoms with Gasteiger partial charge in [-0.1, -0.05) is 65.7 Å². The summed E-state index contributed by atoms with van der Waals surface area (Å²) in [6.07, 6.45) is 8.44. The number of nitrogens with one attached hydrogen (secondary N) is 1. The number of benzene rings is 2. The molecule has 0 saturated heterocycles. The molecule has 178 valence electrons. The summed E-state index contributed by atoms with van der Waals surface area (Å²) in [6.45, 7) is 6.95. The molecule has 1 atom stereocenters. The van der Waals surface area contributed by atoms with Gasteiger partial charge < -0.3 is 14.8 Å². The fraction of sp³-hybridized carbons (Fsp3) is 0.370. The largest absolute Gasteiger partial charge is 0.444 e. The van der Waals surface area contributed by atoms with Gasteiger partial charge in [0.15, 0.2) is 0 Å². The third-order valence-electron chi connectivity index (χ3n) is 4.98. The standard InChI is InChI=1S/C27H32N4O3/c1-5-18-33-20-24-19-31(30-29-24)17-9-10-21-13-15-23(16-14-21)25(22-11-7-6-8-12-22)28-26(32)34-27(2,3)4/h1,6-8,11-16,19,25H,9-10,17-18,20H2,2-4H3,(H,28,32)/t25-/m0/s1. The minimum absolute atomic E-state index is 0.265. The number of nitrogens with zero attached hydrogens (tertiary/aromatic N) is 3. The minimum atomic E-state index is -0.561. The second-order valence-corrected chi connectivity index (χ2v) is 9.00. The summed E-state index contributed by atoms with van der Waals surface area (Å²) in [4.78, 5) is 12.5. The third kappa shape index (κ3) is 8.05. The molecule has 0 unspecified atom stereocenters. The molecule has 3 aromatic rings. The molecule has 0 aliphatic rings. The van der Waals surface area contributed by atoms with E-state index in [9.17, 15) is 4.79 Å². The minimum Gasteiger partial charge on any atom is -0.444 e. The van der Waals surface area contributed by atoms with Crippen molar-refractivity contribution in [2.45, 2.75) is 58.4 Å². The highest BCUT2D eigenvalue weighted by Gasteiger charge is 2.21. The van der Waals surface area contributed by atoms with Crippen LogP contribution < -0.4 is 5.32 Å². The van der Waals surface area contributed by atoms with Crippen LogP contribution >= 0.6 is 0 Å². The SMILES string of the molecule is C#CCOCc1cn(CCCc2ccc([C@@H](NC(=O)OC(C)(C)C)c3ccccc3)cc2)nn1. The van der Waals surface area contributed by atoms with Crippen molar-refractivity contribution in [3.8, 4) is 12.3 Å². The van der Waals surface area contributed by atoms with Crippen molar-refractivity contribution < 1.29 is 14.3 Å². The van der Waals surface area contributed by atoms with Crippen LogP contribution in [0, 0.1) is 12.3 Å². The van der Waals surface area contributed by atoms with Crippen LogP contribution in [0.5, 0.6) is 0 Å². The second kappa shape index (κ2) is 12.0. The molecule has 0 bridgehead atoms. The van der Waals surface area contributed by atoms with Crippen molar-refractivity contribution >= 4 is 6.09 Å². The number of hydrogen-bond donors (Lipinski definition) is 1. The zero-order valence-electron chi connectivity index (χ0n) is 20.0. The number of carbonyl (C=O) groups excluding carboxylic acids is 1. The molecule has 1 N–H and O–H groups in total. The Balaban J connectivity index is 1.59. The number of carbonyl (C=O) groups is 1. The smallest absolute Gasteiger partial charge is 0.408 e. The van der Waals surface area contributed by atoms with E-state index < -0.39 is 11.7 Å². The maximum atomic E-state index is 12.5. The van der Waals surface area contributed by atoms with Gasteiger partial charge in [-0.3, -0.25) is 4.68 Å². The number of amides is 1. The van der Waals surface area contributed by atoms with Crippen LogP contribution in [0.1, 0.15) is 55.6 Å². The lowest BCUT2D eigenvalue weighted by Crippen LogP contribution is -2.35. The molecule has 1 amide bonds. The summed E-state index contributed by atoms with van der Waals surface area (Å²) in [5.41, 5.74) is 3.41. The van der Waals surface area contributed by atoms with Crippen molar-refractivity contribution in [3.63, 3.8) is 0 Å². The lowest BCUT2D eigenvalue weighted by atomic mass is 9.97. The van der Waals surface area contributed by atoms with Crippen LogP contribution in [0.15, 0.2) is 60.8 Å². The average molecular weight is 461 g/mol. The molecule has 0 aliphatic heterocycles. The predicted octanol–water partition coefficient (Wildman–Crippen LogP) is 4.67. The molecule has 1 aromatic heterocycles. The van der Waals surface area contributed by atoms with E-state index in [0.29, 0.717) is 6.61 Å². The molecule has 2 aromatic carbocycles. The fourth-order valence-corrected chi connectivity index (χ4v) is 3.48. The molecular formula is C27H32N4O3. The van der Waals surface area contributed by atoms with Crippen molar-refractivity contribution in [2.24, 2.45) is 0 Å². The molecule has 0 fully saturated rings. The van der Waals surface area contributed by atoms with Crippen molar-refractivity contribution in [1.82, 2.24) is 20.3 Å². The zero-order chi connectivity index (χ0) is 24.4. The van der Waals surface area contributed by atoms with E-state index in [1.54, 1.807) is 0 Å². The van der Waals surface area contributed by atoms with E-state index in [0.717, 1.165) is 36.2 Å². The van der Waals surface area contributed by atoms with Gasteiger partial charge in [0.05, 0.1) is 18.8 Å². The quantitative estimate of drug-likeness (QED) is 0.351. The van der Waals surface area contributed by atoms with Gasteiger partial charge in [0.25, 0.3) is 0 Å². The monoisotopic (exact) mass is 460 g/mol. The Kier molecular flexibility index (Phi) is 8.83. The molecular weight excluding hydrogens is 428 g/mol. The van der Waals surface area contributed by atoms with Crippen LogP contribution in [-0.2, 0) is 29.0 Å². The van der Waals surface area contributed by atoms with Crippen LogP contribution in [0.25, 0.3) is 0 Å². The second-order valence-electron chi connectivity index (χ2n) is 9.00. The van der Waals surface area contributed by atoms with Gasteiger partial charge in [-0.2, -0.15) is 0 Å². The Hall–Kier alpha value is -3.63. The first kappa shape index (κ1) is 25.0. The van der Waals surface area contributed by atoms with Gasteiger partial charge in [-0.25, -0.2) is 4.79 Å². The first-order valence-corrected chi connectivity index (χ1v) is 11.4. The molecule has 0 radical (unpaired) electrons. The Morgan fingerprint density at radius 1 is 1.12 bits per heavy atom. The summed E-state index contributed by atoms with van der Waals surface area (Å²) < 4.78 is 12.6. The molecule has 3 rings (SSSR count). The molecule has 1 heterocycles. The molecule has 34 heavy (non-hydrogen) atoms. The van der Waals surface area contributed by atoms with E-state index >= 15 is 0 Å². The van der Waals surface area contributed by atoms with E-state index in [-0.39, 0.29) is 12.6 Å². The van der Waals surface area contributed by atoms with Crippen LogP contribution in [0.3, 0.4) is 0 Å². The number of rotatable bonds is 10. The molecule has 0 aliphatic carbocycles. The Bertz CT molecular complexity index is 1080. The Morgan fingerprint density at radius 2 is 1.82 bits per heavy atom. The number of aromatic nitrogens is 3. The van der Waals surface area contributed by atoms with E-state index in [1.165, 1.54) is 5.56 Å². The average Bonchev–Trinajstić information content (AvgIpc) is 3.25.